The van der Waals surface area contributed by atoms with E-state index in [4.69, 9.17) is 4.74 Å². The summed E-state index contributed by atoms with van der Waals surface area (Å²) in [5.74, 6) is 1.11. The van der Waals surface area contributed by atoms with Crippen molar-refractivity contribution in [3.05, 3.63) is 23.9 Å². The van der Waals surface area contributed by atoms with E-state index in [1.807, 2.05) is 12.3 Å². The zero-order valence-electron chi connectivity index (χ0n) is 8.65. The van der Waals surface area contributed by atoms with Crippen LogP contribution in [0.4, 0.5) is 5.82 Å². The van der Waals surface area contributed by atoms with Crippen LogP contribution in [0.1, 0.15) is 5.56 Å². The molecule has 0 radical (unpaired) electrons. The Bertz CT molecular complexity index is 355. The molecule has 4 nitrogen and oxygen atoms in total. The SMILES string of the molecule is c1cnc2c(c1)COCC1CNCCN21. The van der Waals surface area contributed by atoms with Crippen LogP contribution in [0.25, 0.3) is 0 Å². The van der Waals surface area contributed by atoms with Gasteiger partial charge in [0.05, 0.1) is 19.3 Å². The number of aromatic nitrogens is 1. The predicted octanol–water partition coefficient (Wildman–Crippen LogP) is 0.390. The van der Waals surface area contributed by atoms with Crippen LogP contribution in [0.2, 0.25) is 0 Å². The Hall–Kier alpha value is -1.13. The van der Waals surface area contributed by atoms with Gasteiger partial charge in [0.2, 0.25) is 0 Å². The molecule has 1 atom stereocenters. The van der Waals surface area contributed by atoms with Gasteiger partial charge >= 0.3 is 0 Å². The van der Waals surface area contributed by atoms with Crippen molar-refractivity contribution in [1.82, 2.24) is 10.3 Å². The van der Waals surface area contributed by atoms with Gasteiger partial charge in [0.15, 0.2) is 0 Å². The highest BCUT2D eigenvalue weighted by Crippen LogP contribution is 2.24. The molecular formula is C11H15N3O. The summed E-state index contributed by atoms with van der Waals surface area (Å²) in [4.78, 5) is 6.86. The minimum Gasteiger partial charge on any atom is -0.374 e. The number of fused-ring (bicyclic) bond motifs is 3. The normalized spacial score (nSPS) is 25.3. The Morgan fingerprint density at radius 2 is 2.53 bits per heavy atom. The van der Waals surface area contributed by atoms with Crippen molar-refractivity contribution in [1.29, 1.82) is 0 Å². The fourth-order valence-corrected chi connectivity index (χ4v) is 2.30. The van der Waals surface area contributed by atoms with Crippen molar-refractivity contribution in [3.63, 3.8) is 0 Å². The molecule has 0 aromatic carbocycles. The summed E-state index contributed by atoms with van der Waals surface area (Å²) in [6, 6.07) is 4.52. The van der Waals surface area contributed by atoms with E-state index in [0.717, 1.165) is 32.1 Å². The predicted molar refractivity (Wildman–Crippen MR) is 57.9 cm³/mol. The van der Waals surface area contributed by atoms with Crippen molar-refractivity contribution in [2.45, 2.75) is 12.6 Å². The van der Waals surface area contributed by atoms with Gasteiger partial charge in [-0.25, -0.2) is 4.98 Å². The molecule has 0 amide bonds. The first kappa shape index (κ1) is 9.12. The van der Waals surface area contributed by atoms with E-state index in [-0.39, 0.29) is 0 Å². The molecule has 80 valence electrons. The molecule has 3 heterocycles. The summed E-state index contributed by atoms with van der Waals surface area (Å²) in [5.41, 5.74) is 1.21. The highest BCUT2D eigenvalue weighted by atomic mass is 16.5. The molecule has 1 fully saturated rings. The van der Waals surface area contributed by atoms with Gasteiger partial charge in [-0.15, -0.1) is 0 Å². The number of pyridine rings is 1. The number of nitrogens with zero attached hydrogens (tertiary/aromatic N) is 2. The molecule has 0 spiro atoms. The third-order valence-corrected chi connectivity index (χ3v) is 3.06. The van der Waals surface area contributed by atoms with E-state index < -0.39 is 0 Å². The standard InChI is InChI=1S/C11H15N3O/c1-2-9-7-15-8-10-6-12-4-5-14(10)11(9)13-3-1/h1-3,10,12H,4-8H2. The Balaban J connectivity index is 1.99. The molecule has 2 aliphatic rings. The van der Waals surface area contributed by atoms with E-state index in [0.29, 0.717) is 12.6 Å². The van der Waals surface area contributed by atoms with Crippen LogP contribution in [0, 0.1) is 0 Å². The lowest BCUT2D eigenvalue weighted by Crippen LogP contribution is -2.53. The smallest absolute Gasteiger partial charge is 0.134 e. The van der Waals surface area contributed by atoms with Gasteiger partial charge in [0, 0.05) is 31.4 Å². The van der Waals surface area contributed by atoms with Crippen LogP contribution >= 0.6 is 0 Å². The number of hydrogen-bond acceptors (Lipinski definition) is 4. The van der Waals surface area contributed by atoms with Gasteiger partial charge < -0.3 is 15.0 Å². The van der Waals surface area contributed by atoms with E-state index in [9.17, 15) is 0 Å². The second-order valence-electron chi connectivity index (χ2n) is 4.05. The number of nitrogens with one attached hydrogen (secondary N) is 1. The van der Waals surface area contributed by atoms with Gasteiger partial charge in [0.1, 0.15) is 5.82 Å². The molecular weight excluding hydrogens is 190 g/mol. The lowest BCUT2D eigenvalue weighted by atomic mass is 10.2. The first-order chi connectivity index (χ1) is 7.45. The summed E-state index contributed by atoms with van der Waals surface area (Å²) in [6.45, 7) is 4.54. The molecule has 3 rings (SSSR count). The van der Waals surface area contributed by atoms with Crippen LogP contribution in [0.5, 0.6) is 0 Å². The maximum Gasteiger partial charge on any atom is 0.134 e. The van der Waals surface area contributed by atoms with Crippen LogP contribution in [0.15, 0.2) is 18.3 Å². The number of rotatable bonds is 0. The number of ether oxygens (including phenoxy) is 1. The summed E-state index contributed by atoms with van der Waals surface area (Å²) >= 11 is 0. The number of anilines is 1. The van der Waals surface area contributed by atoms with E-state index >= 15 is 0 Å². The van der Waals surface area contributed by atoms with E-state index in [2.05, 4.69) is 21.3 Å². The Morgan fingerprint density at radius 3 is 3.53 bits per heavy atom. The maximum absolute atomic E-state index is 5.67. The van der Waals surface area contributed by atoms with Crippen molar-refractivity contribution in [3.8, 4) is 0 Å². The average molecular weight is 205 g/mol. The second-order valence-corrected chi connectivity index (χ2v) is 4.05. The lowest BCUT2D eigenvalue weighted by molar-refractivity contribution is 0.109. The fourth-order valence-electron chi connectivity index (χ4n) is 2.30. The largest absolute Gasteiger partial charge is 0.374 e. The summed E-state index contributed by atoms with van der Waals surface area (Å²) in [6.07, 6.45) is 1.86. The first-order valence-electron chi connectivity index (χ1n) is 5.44. The average Bonchev–Trinajstić information content (AvgIpc) is 2.48. The molecule has 0 bridgehead atoms. The molecule has 1 saturated heterocycles. The zero-order chi connectivity index (χ0) is 10.1. The van der Waals surface area contributed by atoms with E-state index in [1.54, 1.807) is 0 Å². The Kier molecular flexibility index (Phi) is 2.31. The third kappa shape index (κ3) is 1.60. The summed E-state index contributed by atoms with van der Waals surface area (Å²) < 4.78 is 5.67. The van der Waals surface area contributed by atoms with Crippen LogP contribution < -0.4 is 10.2 Å². The Morgan fingerprint density at radius 1 is 1.53 bits per heavy atom. The monoisotopic (exact) mass is 205 g/mol. The molecule has 4 heteroatoms. The topological polar surface area (TPSA) is 37.4 Å². The molecule has 0 saturated carbocycles. The molecule has 2 aliphatic heterocycles. The number of piperazine rings is 1. The summed E-state index contributed by atoms with van der Waals surface area (Å²) in [7, 11) is 0. The Labute approximate surface area is 89.3 Å². The highest BCUT2D eigenvalue weighted by molar-refractivity contribution is 5.48. The first-order valence-corrected chi connectivity index (χ1v) is 5.44. The van der Waals surface area contributed by atoms with Gasteiger partial charge in [-0.05, 0) is 6.07 Å². The molecule has 1 aromatic heterocycles. The third-order valence-electron chi connectivity index (χ3n) is 3.06. The van der Waals surface area contributed by atoms with Gasteiger partial charge in [-0.3, -0.25) is 0 Å². The summed E-state index contributed by atoms with van der Waals surface area (Å²) in [5, 5.41) is 3.39. The zero-order valence-corrected chi connectivity index (χ0v) is 8.65. The van der Waals surface area contributed by atoms with Crippen LogP contribution in [-0.2, 0) is 11.3 Å². The minimum absolute atomic E-state index is 0.440. The quantitative estimate of drug-likeness (QED) is 0.665. The van der Waals surface area contributed by atoms with Gasteiger partial charge in [0.25, 0.3) is 0 Å². The lowest BCUT2D eigenvalue weighted by Gasteiger charge is -2.35. The molecule has 0 aliphatic carbocycles. The minimum atomic E-state index is 0.440. The molecule has 1 unspecified atom stereocenters. The molecule has 15 heavy (non-hydrogen) atoms. The van der Waals surface area contributed by atoms with Crippen molar-refractivity contribution >= 4 is 5.82 Å². The molecule has 1 aromatic rings. The highest BCUT2D eigenvalue weighted by Gasteiger charge is 2.27. The van der Waals surface area contributed by atoms with Crippen molar-refractivity contribution < 1.29 is 4.74 Å². The number of hydrogen-bond donors (Lipinski definition) is 1. The fraction of sp³-hybridized carbons (Fsp3) is 0.545. The van der Waals surface area contributed by atoms with Gasteiger partial charge in [-0.2, -0.15) is 0 Å². The van der Waals surface area contributed by atoms with Crippen LogP contribution in [-0.4, -0.2) is 37.3 Å². The van der Waals surface area contributed by atoms with Crippen molar-refractivity contribution in [2.75, 3.05) is 31.1 Å². The van der Waals surface area contributed by atoms with E-state index in [1.165, 1.54) is 5.56 Å². The molecule has 1 N–H and O–H groups in total. The maximum atomic E-state index is 5.67. The second kappa shape index (κ2) is 3.79. The van der Waals surface area contributed by atoms with Crippen LogP contribution in [0.3, 0.4) is 0 Å². The van der Waals surface area contributed by atoms with Gasteiger partial charge in [-0.1, -0.05) is 6.07 Å². The van der Waals surface area contributed by atoms with Crippen molar-refractivity contribution in [2.24, 2.45) is 0 Å².